The minimum atomic E-state index is -4.73. The second kappa shape index (κ2) is 8.11. The fourth-order valence-electron chi connectivity index (χ4n) is 3.11. The molecule has 1 fully saturated rings. The summed E-state index contributed by atoms with van der Waals surface area (Å²) in [5, 5.41) is 3.26. The molecule has 0 saturated carbocycles. The summed E-state index contributed by atoms with van der Waals surface area (Å²) in [6, 6.07) is 4.94. The minimum absolute atomic E-state index is 0.0101. The average Bonchev–Trinajstić information content (AvgIpc) is 2.67. The third kappa shape index (κ3) is 4.23. The highest BCUT2D eigenvalue weighted by atomic mass is 19.4. The van der Waals surface area contributed by atoms with Crippen molar-refractivity contribution in [3.63, 3.8) is 0 Å². The number of halogens is 3. The minimum Gasteiger partial charge on any atom is -0.383 e. The van der Waals surface area contributed by atoms with Gasteiger partial charge in [0.25, 0.3) is 0 Å². The number of alkyl halides is 3. The Labute approximate surface area is 159 Å². The monoisotopic (exact) mass is 395 g/mol. The van der Waals surface area contributed by atoms with Crippen molar-refractivity contribution in [2.75, 3.05) is 44.0 Å². The lowest BCUT2D eigenvalue weighted by molar-refractivity contribution is -0.138. The van der Waals surface area contributed by atoms with Crippen LogP contribution in [0, 0.1) is 0 Å². The Bertz CT molecular complexity index is 857. The van der Waals surface area contributed by atoms with Crippen LogP contribution in [-0.4, -0.2) is 55.1 Å². The summed E-state index contributed by atoms with van der Waals surface area (Å²) in [4.78, 5) is 22.5. The van der Waals surface area contributed by atoms with E-state index in [4.69, 9.17) is 10.5 Å². The van der Waals surface area contributed by atoms with Gasteiger partial charge in [-0.25, -0.2) is 9.97 Å². The van der Waals surface area contributed by atoms with E-state index in [0.717, 1.165) is 6.07 Å². The molecule has 0 bridgehead atoms. The molecular weight excluding hydrogens is 375 g/mol. The highest BCUT2D eigenvalue weighted by Gasteiger charge is 2.37. The molecule has 0 aliphatic carbocycles. The van der Waals surface area contributed by atoms with Gasteiger partial charge in [0.1, 0.15) is 17.3 Å². The number of nitrogen functional groups attached to an aromatic ring is 1. The van der Waals surface area contributed by atoms with Crippen molar-refractivity contribution in [3.8, 4) is 0 Å². The van der Waals surface area contributed by atoms with Gasteiger partial charge >= 0.3 is 6.18 Å². The number of pyridine rings is 2. The molecule has 1 aliphatic rings. The van der Waals surface area contributed by atoms with Crippen molar-refractivity contribution in [2.24, 2.45) is 0 Å². The molecule has 2 aromatic heterocycles. The van der Waals surface area contributed by atoms with E-state index in [1.807, 2.05) is 4.90 Å². The number of hydrogen-bond acceptors (Lipinski definition) is 7. The number of ketones is 1. The number of nitrogens with one attached hydrogen (secondary N) is 1. The summed E-state index contributed by atoms with van der Waals surface area (Å²) in [7, 11) is 1.58. The van der Waals surface area contributed by atoms with Gasteiger partial charge in [0.2, 0.25) is 5.78 Å². The molecule has 3 heterocycles. The maximum absolute atomic E-state index is 13.5. The Balaban J connectivity index is 2.01. The van der Waals surface area contributed by atoms with E-state index in [9.17, 15) is 18.0 Å². The predicted molar refractivity (Wildman–Crippen MR) is 97.2 cm³/mol. The molecular formula is C18H20F3N5O2. The SMILES string of the molecule is COCC1CN(c2ccc(C(F)(F)F)c(C(=O)c3cccnc3N)n2)CCN1. The van der Waals surface area contributed by atoms with E-state index in [-0.39, 0.29) is 17.4 Å². The van der Waals surface area contributed by atoms with Crippen LogP contribution >= 0.6 is 0 Å². The fourth-order valence-corrected chi connectivity index (χ4v) is 3.11. The number of piperazine rings is 1. The maximum Gasteiger partial charge on any atom is 0.418 e. The van der Waals surface area contributed by atoms with Crippen LogP contribution in [0.5, 0.6) is 0 Å². The van der Waals surface area contributed by atoms with Crippen LogP contribution in [0.25, 0.3) is 0 Å². The van der Waals surface area contributed by atoms with Crippen molar-refractivity contribution in [1.82, 2.24) is 15.3 Å². The van der Waals surface area contributed by atoms with Crippen molar-refractivity contribution in [2.45, 2.75) is 12.2 Å². The molecule has 1 saturated heterocycles. The van der Waals surface area contributed by atoms with Crippen LogP contribution in [0.2, 0.25) is 0 Å². The second-order valence-corrected chi connectivity index (χ2v) is 6.38. The second-order valence-electron chi connectivity index (χ2n) is 6.38. The van der Waals surface area contributed by atoms with Crippen LogP contribution in [0.3, 0.4) is 0 Å². The van der Waals surface area contributed by atoms with Crippen LogP contribution in [0.15, 0.2) is 30.5 Å². The highest BCUT2D eigenvalue weighted by molar-refractivity contribution is 6.11. The first-order valence-corrected chi connectivity index (χ1v) is 8.62. The zero-order valence-corrected chi connectivity index (χ0v) is 15.2. The number of nitrogens with zero attached hydrogens (tertiary/aromatic N) is 3. The Morgan fingerprint density at radius 2 is 2.18 bits per heavy atom. The Morgan fingerprint density at radius 3 is 2.86 bits per heavy atom. The number of carbonyl (C=O) groups excluding carboxylic acids is 1. The number of carbonyl (C=O) groups is 1. The van der Waals surface area contributed by atoms with Gasteiger partial charge in [-0.3, -0.25) is 4.79 Å². The van der Waals surface area contributed by atoms with Crippen molar-refractivity contribution < 1.29 is 22.7 Å². The number of ether oxygens (including phenoxy) is 1. The topological polar surface area (TPSA) is 93.4 Å². The van der Waals surface area contributed by atoms with Gasteiger partial charge < -0.3 is 20.7 Å². The number of aromatic nitrogens is 2. The quantitative estimate of drug-likeness (QED) is 0.745. The largest absolute Gasteiger partial charge is 0.418 e. The van der Waals surface area contributed by atoms with Crippen LogP contribution in [-0.2, 0) is 10.9 Å². The molecule has 150 valence electrons. The molecule has 0 aromatic carbocycles. The smallest absolute Gasteiger partial charge is 0.383 e. The van der Waals surface area contributed by atoms with E-state index in [1.165, 1.54) is 24.4 Å². The molecule has 1 aliphatic heterocycles. The predicted octanol–water partition coefficient (Wildman–Crippen LogP) is 1.73. The molecule has 0 spiro atoms. The third-order valence-corrected chi connectivity index (χ3v) is 4.43. The maximum atomic E-state index is 13.5. The van der Waals surface area contributed by atoms with E-state index >= 15 is 0 Å². The number of rotatable bonds is 5. The van der Waals surface area contributed by atoms with Gasteiger partial charge in [0, 0.05) is 39.0 Å². The van der Waals surface area contributed by atoms with E-state index < -0.39 is 23.2 Å². The van der Waals surface area contributed by atoms with Crippen molar-refractivity contribution >= 4 is 17.4 Å². The fraction of sp³-hybridized carbons (Fsp3) is 0.389. The van der Waals surface area contributed by atoms with Crippen LogP contribution in [0.1, 0.15) is 21.6 Å². The molecule has 1 unspecified atom stereocenters. The molecule has 7 nitrogen and oxygen atoms in total. The standard InChI is InChI=1S/C18H20F3N5O2/c1-28-10-11-9-26(8-7-23-11)14-5-4-13(18(19,20)21)15(25-14)16(27)12-3-2-6-24-17(12)22/h2-6,11,23H,7-10H2,1H3,(H2,22,24). The van der Waals surface area contributed by atoms with Gasteiger partial charge in [0.05, 0.1) is 17.7 Å². The molecule has 0 radical (unpaired) electrons. The molecule has 28 heavy (non-hydrogen) atoms. The third-order valence-electron chi connectivity index (χ3n) is 4.43. The van der Waals surface area contributed by atoms with Crippen LogP contribution < -0.4 is 16.0 Å². The number of nitrogens with two attached hydrogens (primary N) is 1. The first-order chi connectivity index (χ1) is 13.3. The molecule has 3 rings (SSSR count). The first kappa shape index (κ1) is 20.0. The lowest BCUT2D eigenvalue weighted by Gasteiger charge is -2.34. The summed E-state index contributed by atoms with van der Waals surface area (Å²) in [5.41, 5.74) is 3.77. The lowest BCUT2D eigenvalue weighted by atomic mass is 10.0. The van der Waals surface area contributed by atoms with E-state index in [1.54, 1.807) is 7.11 Å². The van der Waals surface area contributed by atoms with Gasteiger partial charge in [-0.2, -0.15) is 13.2 Å². The average molecular weight is 395 g/mol. The van der Waals surface area contributed by atoms with E-state index in [0.29, 0.717) is 32.1 Å². The first-order valence-electron chi connectivity index (χ1n) is 8.62. The van der Waals surface area contributed by atoms with Crippen LogP contribution in [0.4, 0.5) is 24.8 Å². The van der Waals surface area contributed by atoms with Crippen molar-refractivity contribution in [1.29, 1.82) is 0 Å². The zero-order valence-electron chi connectivity index (χ0n) is 15.2. The molecule has 1 atom stereocenters. The van der Waals surface area contributed by atoms with Crippen molar-refractivity contribution in [3.05, 3.63) is 47.3 Å². The Morgan fingerprint density at radius 1 is 1.39 bits per heavy atom. The Hall–Kier alpha value is -2.72. The van der Waals surface area contributed by atoms with E-state index in [2.05, 4.69) is 15.3 Å². The summed E-state index contributed by atoms with van der Waals surface area (Å²) in [6.45, 7) is 2.11. The van der Waals surface area contributed by atoms with Gasteiger partial charge in [-0.15, -0.1) is 0 Å². The summed E-state index contributed by atoms with van der Waals surface area (Å²) < 4.78 is 45.6. The zero-order chi connectivity index (χ0) is 20.3. The van der Waals surface area contributed by atoms with Gasteiger partial charge in [-0.1, -0.05) is 0 Å². The normalized spacial score (nSPS) is 17.6. The summed E-state index contributed by atoms with van der Waals surface area (Å²) in [5.74, 6) is -0.764. The summed E-state index contributed by atoms with van der Waals surface area (Å²) >= 11 is 0. The lowest BCUT2D eigenvalue weighted by Crippen LogP contribution is -2.52. The molecule has 10 heteroatoms. The van der Waals surface area contributed by atoms with Gasteiger partial charge in [-0.05, 0) is 24.3 Å². The number of methoxy groups -OCH3 is 1. The Kier molecular flexibility index (Phi) is 5.80. The number of anilines is 2. The molecule has 0 amide bonds. The highest BCUT2D eigenvalue weighted by Crippen LogP contribution is 2.34. The summed E-state index contributed by atoms with van der Waals surface area (Å²) in [6.07, 6.45) is -3.37. The number of hydrogen-bond donors (Lipinski definition) is 2. The molecule has 3 N–H and O–H groups in total. The van der Waals surface area contributed by atoms with Gasteiger partial charge in [0.15, 0.2) is 0 Å². The molecule has 2 aromatic rings.